The number of phenolic OH excluding ortho intramolecular Hbond substituents is 1. The molecule has 0 unspecified atom stereocenters. The molecule has 0 amide bonds. The maximum Gasteiger partial charge on any atom is 0.180 e. The molecule has 0 aliphatic rings. The van der Waals surface area contributed by atoms with Crippen molar-refractivity contribution in [3.8, 4) is 5.75 Å². The molecule has 2 aromatic carbocycles. The Morgan fingerprint density at radius 1 is 1.27 bits per heavy atom. The maximum absolute atomic E-state index is 13.5. The average molecular weight is 429 g/mol. The summed E-state index contributed by atoms with van der Waals surface area (Å²) in [7, 11) is 0. The van der Waals surface area contributed by atoms with Crippen LogP contribution < -0.4 is 5.73 Å². The van der Waals surface area contributed by atoms with E-state index in [0.29, 0.717) is 14.5 Å². The molecule has 0 radical (unpaired) electrons. The molecule has 0 saturated heterocycles. The molecule has 0 heterocycles. The second-order valence-corrected chi connectivity index (χ2v) is 6.41. The van der Waals surface area contributed by atoms with Crippen molar-refractivity contribution in [1.29, 1.82) is 0 Å². The third kappa shape index (κ3) is 4.70. The Bertz CT molecular complexity index is 707. The number of halogens is 2. The standard InChI is InChI=1S/C15H13FIN3OS/c16-13-12(17)7-6-11(14(13)21)8-19-20-15(18)22-9-10-4-2-1-3-5-10/h1-8,21H,9H2,(H2,18,20). The summed E-state index contributed by atoms with van der Waals surface area (Å²) in [6.07, 6.45) is 1.27. The minimum Gasteiger partial charge on any atom is -0.504 e. The van der Waals surface area contributed by atoms with Crippen molar-refractivity contribution in [2.24, 2.45) is 15.9 Å². The van der Waals surface area contributed by atoms with E-state index in [9.17, 15) is 9.50 Å². The zero-order chi connectivity index (χ0) is 15.9. The SMILES string of the molecule is NC(=NN=Cc1ccc(I)c(F)c1O)SCc1ccccc1. The third-order valence-corrected chi connectivity index (χ3v) is 4.37. The molecule has 7 heteroatoms. The lowest BCUT2D eigenvalue weighted by Crippen LogP contribution is -2.06. The Balaban J connectivity index is 1.97. The zero-order valence-electron chi connectivity index (χ0n) is 11.4. The van der Waals surface area contributed by atoms with Crippen molar-refractivity contribution in [3.05, 3.63) is 63.0 Å². The fraction of sp³-hybridized carbons (Fsp3) is 0.0667. The number of phenols is 1. The summed E-state index contributed by atoms with van der Waals surface area (Å²) in [6, 6.07) is 13.0. The van der Waals surface area contributed by atoms with E-state index >= 15 is 0 Å². The first kappa shape index (κ1) is 16.8. The molecule has 22 heavy (non-hydrogen) atoms. The lowest BCUT2D eigenvalue weighted by molar-refractivity contribution is 0.429. The second-order valence-electron chi connectivity index (χ2n) is 4.26. The number of nitrogens with two attached hydrogens (primary N) is 1. The summed E-state index contributed by atoms with van der Waals surface area (Å²) < 4.78 is 13.8. The van der Waals surface area contributed by atoms with Gasteiger partial charge in [-0.05, 0) is 40.3 Å². The number of benzene rings is 2. The largest absolute Gasteiger partial charge is 0.504 e. The van der Waals surface area contributed by atoms with Gasteiger partial charge in [-0.2, -0.15) is 5.10 Å². The van der Waals surface area contributed by atoms with Crippen LogP contribution in [-0.2, 0) is 5.75 Å². The summed E-state index contributed by atoms with van der Waals surface area (Å²) >= 11 is 3.15. The number of amidine groups is 1. The number of thioether (sulfide) groups is 1. The van der Waals surface area contributed by atoms with Crippen LogP contribution in [0.4, 0.5) is 4.39 Å². The van der Waals surface area contributed by atoms with E-state index < -0.39 is 11.6 Å². The molecule has 0 saturated carbocycles. The maximum atomic E-state index is 13.5. The molecular formula is C15H13FIN3OS. The normalized spacial score (nSPS) is 12.0. The molecule has 0 aliphatic carbocycles. The van der Waals surface area contributed by atoms with E-state index in [1.54, 1.807) is 34.7 Å². The minimum absolute atomic E-state index is 0.252. The Labute approximate surface area is 145 Å². The van der Waals surface area contributed by atoms with Gasteiger partial charge in [0.15, 0.2) is 16.7 Å². The molecular weight excluding hydrogens is 416 g/mol. The number of hydrogen-bond acceptors (Lipinski definition) is 4. The smallest absolute Gasteiger partial charge is 0.180 e. The fourth-order valence-corrected chi connectivity index (χ4v) is 2.61. The second kappa shape index (κ2) is 8.14. The molecule has 4 nitrogen and oxygen atoms in total. The van der Waals surface area contributed by atoms with Gasteiger partial charge < -0.3 is 10.8 Å². The van der Waals surface area contributed by atoms with Crippen LogP contribution in [0.15, 0.2) is 52.7 Å². The lowest BCUT2D eigenvalue weighted by atomic mass is 10.2. The topological polar surface area (TPSA) is 71.0 Å². The van der Waals surface area contributed by atoms with Crippen molar-refractivity contribution in [2.45, 2.75) is 5.75 Å². The molecule has 3 N–H and O–H groups in total. The summed E-state index contributed by atoms with van der Waals surface area (Å²) in [5.41, 5.74) is 7.12. The van der Waals surface area contributed by atoms with Crippen molar-refractivity contribution in [3.63, 3.8) is 0 Å². The number of hydrogen-bond donors (Lipinski definition) is 2. The molecule has 0 aliphatic heterocycles. The van der Waals surface area contributed by atoms with E-state index in [-0.39, 0.29) is 5.56 Å². The highest BCUT2D eigenvalue weighted by molar-refractivity contribution is 14.1. The predicted molar refractivity (Wildman–Crippen MR) is 97.7 cm³/mol. The van der Waals surface area contributed by atoms with Gasteiger partial charge in [-0.15, -0.1) is 5.10 Å². The van der Waals surface area contributed by atoms with E-state index in [2.05, 4.69) is 10.2 Å². The molecule has 0 aromatic heterocycles. The van der Waals surface area contributed by atoms with Crippen LogP contribution in [0, 0.1) is 9.39 Å². The number of rotatable bonds is 4. The van der Waals surface area contributed by atoms with Gasteiger partial charge >= 0.3 is 0 Å². The minimum atomic E-state index is -0.667. The van der Waals surface area contributed by atoms with Crippen molar-refractivity contribution in [1.82, 2.24) is 0 Å². The van der Waals surface area contributed by atoms with Gasteiger partial charge in [-0.3, -0.25) is 0 Å². The van der Waals surface area contributed by atoms with Crippen LogP contribution in [0.5, 0.6) is 5.75 Å². The molecule has 0 spiro atoms. The van der Waals surface area contributed by atoms with Crippen LogP contribution in [0.2, 0.25) is 0 Å². The van der Waals surface area contributed by atoms with E-state index in [4.69, 9.17) is 5.73 Å². The molecule has 2 rings (SSSR count). The van der Waals surface area contributed by atoms with E-state index in [1.807, 2.05) is 30.3 Å². The molecule has 0 atom stereocenters. The quantitative estimate of drug-likeness (QED) is 0.337. The van der Waals surface area contributed by atoms with Crippen LogP contribution >= 0.6 is 34.4 Å². The Kier molecular flexibility index (Phi) is 6.20. The molecule has 0 fully saturated rings. The van der Waals surface area contributed by atoms with Gasteiger partial charge in [-0.1, -0.05) is 42.1 Å². The van der Waals surface area contributed by atoms with Crippen LogP contribution in [0.1, 0.15) is 11.1 Å². The Hall–Kier alpha value is -1.61. The molecule has 114 valence electrons. The number of nitrogens with zero attached hydrogens (tertiary/aromatic N) is 2. The van der Waals surface area contributed by atoms with Crippen molar-refractivity contribution in [2.75, 3.05) is 0 Å². The van der Waals surface area contributed by atoms with Gasteiger partial charge in [-0.25, -0.2) is 4.39 Å². The highest BCUT2D eigenvalue weighted by Gasteiger charge is 2.08. The van der Waals surface area contributed by atoms with Gasteiger partial charge in [0.1, 0.15) is 0 Å². The van der Waals surface area contributed by atoms with Gasteiger partial charge in [0.05, 0.1) is 9.78 Å². The predicted octanol–water partition coefficient (Wildman–Crippen LogP) is 3.72. The highest BCUT2D eigenvalue weighted by Crippen LogP contribution is 2.24. The van der Waals surface area contributed by atoms with Crippen molar-refractivity contribution >= 4 is 45.7 Å². The first-order chi connectivity index (χ1) is 10.6. The van der Waals surface area contributed by atoms with Crippen LogP contribution in [0.25, 0.3) is 0 Å². The number of aromatic hydroxyl groups is 1. The van der Waals surface area contributed by atoms with Crippen LogP contribution in [-0.4, -0.2) is 16.5 Å². The van der Waals surface area contributed by atoms with Gasteiger partial charge in [0.25, 0.3) is 0 Å². The zero-order valence-corrected chi connectivity index (χ0v) is 14.4. The first-order valence-corrected chi connectivity index (χ1v) is 8.34. The van der Waals surface area contributed by atoms with Gasteiger partial charge in [0.2, 0.25) is 0 Å². The lowest BCUT2D eigenvalue weighted by Gasteiger charge is -2.01. The summed E-state index contributed by atoms with van der Waals surface area (Å²) in [4.78, 5) is 0. The van der Waals surface area contributed by atoms with E-state index in [0.717, 1.165) is 5.56 Å². The van der Waals surface area contributed by atoms with Crippen molar-refractivity contribution < 1.29 is 9.50 Å². The monoisotopic (exact) mass is 429 g/mol. The molecule has 2 aromatic rings. The summed E-state index contributed by atoms with van der Waals surface area (Å²) in [5.74, 6) is -0.420. The Morgan fingerprint density at radius 3 is 2.73 bits per heavy atom. The van der Waals surface area contributed by atoms with Gasteiger partial charge in [0, 0.05) is 11.3 Å². The summed E-state index contributed by atoms with van der Waals surface area (Å²) in [5, 5.41) is 17.5. The molecule has 0 bridgehead atoms. The average Bonchev–Trinajstić information content (AvgIpc) is 2.54. The van der Waals surface area contributed by atoms with E-state index in [1.165, 1.54) is 18.0 Å². The fourth-order valence-electron chi connectivity index (χ4n) is 1.57. The highest BCUT2D eigenvalue weighted by atomic mass is 127. The first-order valence-electron chi connectivity index (χ1n) is 6.28. The summed E-state index contributed by atoms with van der Waals surface area (Å²) in [6.45, 7) is 0. The Morgan fingerprint density at radius 2 is 2.00 bits per heavy atom. The van der Waals surface area contributed by atoms with Crippen LogP contribution in [0.3, 0.4) is 0 Å². The third-order valence-electron chi connectivity index (χ3n) is 2.68.